The first-order chi connectivity index (χ1) is 5.55. The monoisotopic (exact) mass is 189 g/mol. The van der Waals surface area contributed by atoms with Gasteiger partial charge in [-0.15, -0.1) is 0 Å². The van der Waals surface area contributed by atoms with Crippen molar-refractivity contribution in [3.05, 3.63) is 0 Å². The standard InChI is InChI=1S/C10H23NO2/c1-7(9(3,4)12)11-8(2)10(5,6)13/h7-8,11-13H,1-6H3. The fourth-order valence-corrected chi connectivity index (χ4v) is 0.783. The van der Waals surface area contributed by atoms with E-state index < -0.39 is 11.2 Å². The second kappa shape index (κ2) is 3.95. The molecule has 0 radical (unpaired) electrons. The Bertz CT molecular complexity index is 137. The van der Waals surface area contributed by atoms with Crippen LogP contribution in [0.1, 0.15) is 41.5 Å². The molecule has 0 aromatic carbocycles. The van der Waals surface area contributed by atoms with Gasteiger partial charge in [-0.05, 0) is 41.5 Å². The van der Waals surface area contributed by atoms with Crippen molar-refractivity contribution in [3.8, 4) is 0 Å². The predicted octanol–water partition coefficient (Wildman–Crippen LogP) is 0.895. The minimum atomic E-state index is -0.764. The van der Waals surface area contributed by atoms with E-state index in [9.17, 15) is 10.2 Å². The maximum absolute atomic E-state index is 9.66. The van der Waals surface area contributed by atoms with Gasteiger partial charge in [-0.1, -0.05) is 0 Å². The van der Waals surface area contributed by atoms with Crippen LogP contribution in [-0.4, -0.2) is 33.5 Å². The van der Waals surface area contributed by atoms with Gasteiger partial charge in [-0.25, -0.2) is 0 Å². The Balaban J connectivity index is 4.15. The lowest BCUT2D eigenvalue weighted by Gasteiger charge is -2.34. The topological polar surface area (TPSA) is 52.5 Å². The second-order valence-corrected chi connectivity index (χ2v) is 4.92. The molecule has 2 unspecified atom stereocenters. The van der Waals surface area contributed by atoms with Crippen LogP contribution in [0.15, 0.2) is 0 Å². The highest BCUT2D eigenvalue weighted by atomic mass is 16.3. The van der Waals surface area contributed by atoms with Crippen LogP contribution in [0.2, 0.25) is 0 Å². The van der Waals surface area contributed by atoms with Gasteiger partial charge in [0.15, 0.2) is 0 Å². The maximum Gasteiger partial charge on any atom is 0.0741 e. The fraction of sp³-hybridized carbons (Fsp3) is 1.00. The second-order valence-electron chi connectivity index (χ2n) is 4.92. The summed E-state index contributed by atoms with van der Waals surface area (Å²) >= 11 is 0. The summed E-state index contributed by atoms with van der Waals surface area (Å²) in [4.78, 5) is 0. The highest BCUT2D eigenvalue weighted by Gasteiger charge is 2.28. The Labute approximate surface area is 81.2 Å². The Morgan fingerprint density at radius 1 is 0.846 bits per heavy atom. The molecule has 0 heterocycles. The van der Waals surface area contributed by atoms with Gasteiger partial charge in [0.25, 0.3) is 0 Å². The predicted molar refractivity (Wildman–Crippen MR) is 54.7 cm³/mol. The van der Waals surface area contributed by atoms with Gasteiger partial charge < -0.3 is 15.5 Å². The minimum Gasteiger partial charge on any atom is -0.389 e. The molecule has 0 saturated heterocycles. The zero-order valence-corrected chi connectivity index (χ0v) is 9.55. The molecule has 3 nitrogen and oxygen atoms in total. The SMILES string of the molecule is CC(NC(C)C(C)(C)O)C(C)(C)O. The van der Waals surface area contributed by atoms with E-state index in [0.29, 0.717) is 0 Å². The van der Waals surface area contributed by atoms with Crippen molar-refractivity contribution >= 4 is 0 Å². The first kappa shape index (κ1) is 12.9. The van der Waals surface area contributed by atoms with E-state index in [-0.39, 0.29) is 12.1 Å². The molecule has 0 amide bonds. The Morgan fingerprint density at radius 2 is 1.08 bits per heavy atom. The summed E-state index contributed by atoms with van der Waals surface area (Å²) < 4.78 is 0. The van der Waals surface area contributed by atoms with Crippen LogP contribution in [0, 0.1) is 0 Å². The molecule has 2 atom stereocenters. The molecule has 0 bridgehead atoms. The van der Waals surface area contributed by atoms with Gasteiger partial charge >= 0.3 is 0 Å². The lowest BCUT2D eigenvalue weighted by molar-refractivity contribution is 0.00419. The quantitative estimate of drug-likeness (QED) is 0.616. The van der Waals surface area contributed by atoms with Gasteiger partial charge in [-0.3, -0.25) is 0 Å². The zero-order valence-electron chi connectivity index (χ0n) is 9.55. The van der Waals surface area contributed by atoms with Crippen LogP contribution < -0.4 is 5.32 Å². The maximum atomic E-state index is 9.66. The van der Waals surface area contributed by atoms with E-state index in [4.69, 9.17) is 0 Å². The van der Waals surface area contributed by atoms with Crippen LogP contribution in [0.25, 0.3) is 0 Å². The van der Waals surface area contributed by atoms with Gasteiger partial charge in [0.2, 0.25) is 0 Å². The number of hydrogen-bond donors (Lipinski definition) is 3. The third-order valence-corrected chi connectivity index (χ3v) is 2.62. The smallest absolute Gasteiger partial charge is 0.0741 e. The van der Waals surface area contributed by atoms with E-state index in [0.717, 1.165) is 0 Å². The molecule has 0 aromatic rings. The highest BCUT2D eigenvalue weighted by molar-refractivity contribution is 4.87. The summed E-state index contributed by atoms with van der Waals surface area (Å²) in [6, 6.07) is -0.0946. The molecular weight excluding hydrogens is 166 g/mol. The van der Waals surface area contributed by atoms with E-state index >= 15 is 0 Å². The Morgan fingerprint density at radius 3 is 1.23 bits per heavy atom. The summed E-state index contributed by atoms with van der Waals surface area (Å²) in [5, 5.41) is 22.5. The Kier molecular flexibility index (Phi) is 3.91. The average molecular weight is 189 g/mol. The molecule has 0 fully saturated rings. The van der Waals surface area contributed by atoms with Crippen molar-refractivity contribution in [2.45, 2.75) is 64.8 Å². The van der Waals surface area contributed by atoms with Crippen molar-refractivity contribution in [1.29, 1.82) is 0 Å². The van der Waals surface area contributed by atoms with Crippen molar-refractivity contribution in [1.82, 2.24) is 5.32 Å². The largest absolute Gasteiger partial charge is 0.389 e. The third kappa shape index (κ3) is 4.60. The first-order valence-corrected chi connectivity index (χ1v) is 4.76. The average Bonchev–Trinajstić information content (AvgIpc) is 1.82. The van der Waals surface area contributed by atoms with Gasteiger partial charge in [0, 0.05) is 12.1 Å². The normalized spacial score (nSPS) is 18.5. The van der Waals surface area contributed by atoms with E-state index in [1.54, 1.807) is 27.7 Å². The van der Waals surface area contributed by atoms with Crippen molar-refractivity contribution < 1.29 is 10.2 Å². The molecule has 0 aliphatic heterocycles. The van der Waals surface area contributed by atoms with Crippen LogP contribution >= 0.6 is 0 Å². The van der Waals surface area contributed by atoms with Crippen molar-refractivity contribution in [3.63, 3.8) is 0 Å². The van der Waals surface area contributed by atoms with E-state index in [1.807, 2.05) is 13.8 Å². The van der Waals surface area contributed by atoms with Crippen LogP contribution in [0.3, 0.4) is 0 Å². The van der Waals surface area contributed by atoms with Crippen LogP contribution in [0.4, 0.5) is 0 Å². The first-order valence-electron chi connectivity index (χ1n) is 4.76. The van der Waals surface area contributed by atoms with E-state index in [1.165, 1.54) is 0 Å². The molecule has 0 spiro atoms. The molecule has 3 N–H and O–H groups in total. The van der Waals surface area contributed by atoms with Crippen molar-refractivity contribution in [2.24, 2.45) is 0 Å². The molecular formula is C10H23NO2. The molecule has 0 aliphatic rings. The van der Waals surface area contributed by atoms with Crippen LogP contribution in [-0.2, 0) is 0 Å². The van der Waals surface area contributed by atoms with Gasteiger partial charge in [-0.2, -0.15) is 0 Å². The van der Waals surface area contributed by atoms with Crippen molar-refractivity contribution in [2.75, 3.05) is 0 Å². The number of rotatable bonds is 4. The molecule has 0 saturated carbocycles. The lowest BCUT2D eigenvalue weighted by atomic mass is 9.95. The molecule has 3 heteroatoms. The van der Waals surface area contributed by atoms with Gasteiger partial charge in [0.1, 0.15) is 0 Å². The third-order valence-electron chi connectivity index (χ3n) is 2.62. The number of aliphatic hydroxyl groups is 2. The lowest BCUT2D eigenvalue weighted by Crippen LogP contribution is -2.54. The summed E-state index contributed by atoms with van der Waals surface area (Å²) in [5.74, 6) is 0. The summed E-state index contributed by atoms with van der Waals surface area (Å²) in [6.45, 7) is 10.8. The minimum absolute atomic E-state index is 0.0473. The fourth-order valence-electron chi connectivity index (χ4n) is 0.783. The van der Waals surface area contributed by atoms with E-state index in [2.05, 4.69) is 5.32 Å². The molecule has 13 heavy (non-hydrogen) atoms. The highest BCUT2D eigenvalue weighted by Crippen LogP contribution is 2.13. The number of nitrogens with one attached hydrogen (secondary N) is 1. The molecule has 80 valence electrons. The Hall–Kier alpha value is -0.120. The zero-order chi connectivity index (χ0) is 10.9. The molecule has 0 aromatic heterocycles. The number of hydrogen-bond acceptors (Lipinski definition) is 3. The molecule has 0 rings (SSSR count). The van der Waals surface area contributed by atoms with Crippen LogP contribution in [0.5, 0.6) is 0 Å². The summed E-state index contributed by atoms with van der Waals surface area (Å²) in [6.07, 6.45) is 0. The summed E-state index contributed by atoms with van der Waals surface area (Å²) in [7, 11) is 0. The molecule has 0 aliphatic carbocycles. The summed E-state index contributed by atoms with van der Waals surface area (Å²) in [5.41, 5.74) is -1.53. The van der Waals surface area contributed by atoms with Gasteiger partial charge in [0.05, 0.1) is 11.2 Å².